The molecule has 0 aliphatic carbocycles. The minimum atomic E-state index is 0.181. The summed E-state index contributed by atoms with van der Waals surface area (Å²) in [5, 5.41) is 3.56. The van der Waals surface area contributed by atoms with Crippen molar-refractivity contribution in [2.45, 2.75) is 37.8 Å². The summed E-state index contributed by atoms with van der Waals surface area (Å²) in [7, 11) is 0. The minimum Gasteiger partial charge on any atom is -0.454 e. The van der Waals surface area contributed by atoms with E-state index < -0.39 is 0 Å². The standard InChI is InChI=1S/C17H20N2O3/c20-17-11-2-1-4-18-13(11)8-14-12-7-16-15(21-9-22-16)6-10(12)3-5-19(14)17/h6-7,11,13-14,18H,1-5,8-9H2. The lowest BCUT2D eigenvalue weighted by Crippen LogP contribution is -2.57. The van der Waals surface area contributed by atoms with Crippen LogP contribution in [-0.4, -0.2) is 36.7 Å². The maximum Gasteiger partial charge on any atom is 0.231 e. The molecule has 0 radical (unpaired) electrons. The molecule has 1 aromatic carbocycles. The van der Waals surface area contributed by atoms with Crippen LogP contribution in [0, 0.1) is 5.92 Å². The fourth-order valence-corrected chi connectivity index (χ4v) is 4.56. The first-order valence-corrected chi connectivity index (χ1v) is 8.27. The maximum atomic E-state index is 12.9. The van der Waals surface area contributed by atoms with Crippen molar-refractivity contribution in [1.82, 2.24) is 10.2 Å². The summed E-state index contributed by atoms with van der Waals surface area (Å²) in [5.41, 5.74) is 2.57. The summed E-state index contributed by atoms with van der Waals surface area (Å²) in [6.45, 7) is 2.17. The Hall–Kier alpha value is -1.75. The highest BCUT2D eigenvalue weighted by atomic mass is 16.7. The predicted molar refractivity (Wildman–Crippen MR) is 79.9 cm³/mol. The van der Waals surface area contributed by atoms with Gasteiger partial charge in [-0.05, 0) is 55.5 Å². The number of carbonyl (C=O) groups excluding carboxylic acids is 1. The van der Waals surface area contributed by atoms with E-state index in [1.54, 1.807) is 0 Å². The van der Waals surface area contributed by atoms with Gasteiger partial charge in [0.05, 0.1) is 12.0 Å². The first kappa shape index (κ1) is 12.8. The van der Waals surface area contributed by atoms with Crippen molar-refractivity contribution in [2.24, 2.45) is 5.92 Å². The molecule has 4 aliphatic heterocycles. The van der Waals surface area contributed by atoms with Gasteiger partial charge in [-0.1, -0.05) is 0 Å². The highest BCUT2D eigenvalue weighted by Crippen LogP contribution is 2.45. The van der Waals surface area contributed by atoms with E-state index in [0.717, 1.165) is 50.3 Å². The molecule has 22 heavy (non-hydrogen) atoms. The molecule has 4 heterocycles. The van der Waals surface area contributed by atoms with Gasteiger partial charge < -0.3 is 19.7 Å². The summed E-state index contributed by atoms with van der Waals surface area (Å²) >= 11 is 0. The number of ether oxygens (including phenoxy) is 2. The largest absolute Gasteiger partial charge is 0.454 e. The van der Waals surface area contributed by atoms with Crippen LogP contribution in [0.25, 0.3) is 0 Å². The van der Waals surface area contributed by atoms with Gasteiger partial charge in [0.1, 0.15) is 0 Å². The molecule has 3 atom stereocenters. The quantitative estimate of drug-likeness (QED) is 0.791. The summed E-state index contributed by atoms with van der Waals surface area (Å²) in [6, 6.07) is 4.74. The number of piperidine rings is 2. The zero-order valence-electron chi connectivity index (χ0n) is 12.5. The zero-order valence-corrected chi connectivity index (χ0v) is 12.5. The van der Waals surface area contributed by atoms with Crippen LogP contribution in [0.2, 0.25) is 0 Å². The highest BCUT2D eigenvalue weighted by molar-refractivity contribution is 5.82. The van der Waals surface area contributed by atoms with Gasteiger partial charge in [-0.15, -0.1) is 0 Å². The number of nitrogens with zero attached hydrogens (tertiary/aromatic N) is 1. The van der Waals surface area contributed by atoms with Gasteiger partial charge in [0.2, 0.25) is 12.7 Å². The van der Waals surface area contributed by atoms with Crippen LogP contribution < -0.4 is 14.8 Å². The number of carbonyl (C=O) groups is 1. The average Bonchev–Trinajstić information content (AvgIpc) is 3.00. The van der Waals surface area contributed by atoms with Gasteiger partial charge >= 0.3 is 0 Å². The molecule has 5 rings (SSSR count). The topological polar surface area (TPSA) is 50.8 Å². The van der Waals surface area contributed by atoms with Crippen molar-refractivity contribution in [1.29, 1.82) is 0 Å². The number of hydrogen-bond acceptors (Lipinski definition) is 4. The maximum absolute atomic E-state index is 12.9. The Morgan fingerprint density at radius 2 is 2.09 bits per heavy atom. The average molecular weight is 300 g/mol. The van der Waals surface area contributed by atoms with Crippen LogP contribution in [-0.2, 0) is 11.2 Å². The van der Waals surface area contributed by atoms with E-state index >= 15 is 0 Å². The molecular weight excluding hydrogens is 280 g/mol. The molecule has 3 unspecified atom stereocenters. The second kappa shape index (κ2) is 4.62. The van der Waals surface area contributed by atoms with Crippen molar-refractivity contribution >= 4 is 5.91 Å². The minimum absolute atomic E-state index is 0.181. The molecule has 0 spiro atoms. The van der Waals surface area contributed by atoms with E-state index in [-0.39, 0.29) is 12.0 Å². The molecule has 0 aromatic heterocycles. The zero-order chi connectivity index (χ0) is 14.7. The monoisotopic (exact) mass is 300 g/mol. The molecule has 0 bridgehead atoms. The molecule has 2 saturated heterocycles. The Balaban J connectivity index is 1.55. The Morgan fingerprint density at radius 1 is 1.23 bits per heavy atom. The van der Waals surface area contributed by atoms with Crippen LogP contribution in [0.3, 0.4) is 0 Å². The van der Waals surface area contributed by atoms with Crippen molar-refractivity contribution in [3.8, 4) is 11.5 Å². The SMILES string of the molecule is O=C1C2CCCNC2CC2c3cc4c(cc3CCN12)OCO4. The van der Waals surface area contributed by atoms with Gasteiger partial charge in [-0.25, -0.2) is 0 Å². The Kier molecular flexibility index (Phi) is 2.68. The van der Waals surface area contributed by atoms with Gasteiger partial charge in [-0.2, -0.15) is 0 Å². The van der Waals surface area contributed by atoms with E-state index in [9.17, 15) is 4.79 Å². The number of benzene rings is 1. The first-order valence-electron chi connectivity index (χ1n) is 8.27. The lowest BCUT2D eigenvalue weighted by Gasteiger charge is -2.48. The third-order valence-corrected chi connectivity index (χ3v) is 5.65. The third-order valence-electron chi connectivity index (χ3n) is 5.65. The molecule has 1 aromatic rings. The summed E-state index contributed by atoms with van der Waals surface area (Å²) < 4.78 is 11.0. The molecule has 2 fully saturated rings. The molecule has 5 heteroatoms. The Labute approximate surface area is 129 Å². The second-order valence-electron chi connectivity index (χ2n) is 6.75. The highest BCUT2D eigenvalue weighted by Gasteiger charge is 2.45. The summed E-state index contributed by atoms with van der Waals surface area (Å²) in [5.74, 6) is 2.20. The molecule has 4 aliphatic rings. The molecule has 0 saturated carbocycles. The van der Waals surface area contributed by atoms with Crippen LogP contribution in [0.5, 0.6) is 11.5 Å². The Bertz CT molecular complexity index is 645. The van der Waals surface area contributed by atoms with E-state index in [0.29, 0.717) is 18.7 Å². The van der Waals surface area contributed by atoms with Gasteiger partial charge in [0.15, 0.2) is 11.5 Å². The van der Waals surface area contributed by atoms with Crippen molar-refractivity contribution < 1.29 is 14.3 Å². The molecular formula is C17H20N2O3. The van der Waals surface area contributed by atoms with Crippen LogP contribution in [0.15, 0.2) is 12.1 Å². The van der Waals surface area contributed by atoms with Gasteiger partial charge in [0.25, 0.3) is 0 Å². The van der Waals surface area contributed by atoms with Crippen molar-refractivity contribution in [3.05, 3.63) is 23.3 Å². The molecule has 5 nitrogen and oxygen atoms in total. The van der Waals surface area contributed by atoms with Crippen molar-refractivity contribution in [3.63, 3.8) is 0 Å². The lowest BCUT2D eigenvalue weighted by atomic mass is 9.77. The third kappa shape index (κ3) is 1.72. The van der Waals surface area contributed by atoms with Gasteiger partial charge in [-0.3, -0.25) is 4.79 Å². The molecule has 1 amide bonds. The number of fused-ring (bicyclic) bond motifs is 5. The lowest BCUT2D eigenvalue weighted by molar-refractivity contribution is -0.145. The number of hydrogen-bond donors (Lipinski definition) is 1. The van der Waals surface area contributed by atoms with Crippen LogP contribution >= 0.6 is 0 Å². The summed E-state index contributed by atoms with van der Waals surface area (Å²) in [4.78, 5) is 15.0. The number of rotatable bonds is 0. The summed E-state index contributed by atoms with van der Waals surface area (Å²) in [6.07, 6.45) is 4.08. The smallest absolute Gasteiger partial charge is 0.231 e. The van der Waals surface area contributed by atoms with Gasteiger partial charge in [0, 0.05) is 12.6 Å². The van der Waals surface area contributed by atoms with E-state index in [1.165, 1.54) is 11.1 Å². The molecule has 116 valence electrons. The van der Waals surface area contributed by atoms with Crippen LogP contribution in [0.1, 0.15) is 36.4 Å². The van der Waals surface area contributed by atoms with Crippen LogP contribution in [0.4, 0.5) is 0 Å². The van der Waals surface area contributed by atoms with E-state index in [4.69, 9.17) is 9.47 Å². The predicted octanol–water partition coefficient (Wildman–Crippen LogP) is 1.61. The van der Waals surface area contributed by atoms with E-state index in [2.05, 4.69) is 22.3 Å². The van der Waals surface area contributed by atoms with Crippen molar-refractivity contribution in [2.75, 3.05) is 19.9 Å². The Morgan fingerprint density at radius 3 is 3.00 bits per heavy atom. The molecule has 1 N–H and O–H groups in total. The normalized spacial score (nSPS) is 32.3. The fraction of sp³-hybridized carbons (Fsp3) is 0.588. The second-order valence-corrected chi connectivity index (χ2v) is 6.75. The number of nitrogens with one attached hydrogen (secondary N) is 1. The van der Waals surface area contributed by atoms with E-state index in [1.807, 2.05) is 0 Å². The number of amides is 1. The first-order chi connectivity index (χ1) is 10.8. The fourth-order valence-electron chi connectivity index (χ4n) is 4.56.